The Hall–Kier alpha value is -0.900. The van der Waals surface area contributed by atoms with Crippen LogP contribution in [0.3, 0.4) is 0 Å². The first-order valence-electron chi connectivity index (χ1n) is 7.00. The second kappa shape index (κ2) is 4.65. The molecule has 2 unspecified atom stereocenters. The minimum absolute atomic E-state index is 0.223. The van der Waals surface area contributed by atoms with Crippen LogP contribution in [0.2, 0.25) is 0 Å². The molecule has 0 radical (unpaired) electrons. The summed E-state index contributed by atoms with van der Waals surface area (Å²) < 4.78 is 1.87. The summed E-state index contributed by atoms with van der Waals surface area (Å²) in [5, 5.41) is 15.3. The highest BCUT2D eigenvalue weighted by molar-refractivity contribution is 5.07. The molecule has 0 amide bonds. The Morgan fingerprint density at radius 3 is 2.78 bits per heavy atom. The standard InChI is InChI=1S/C14H25N3O/c1-5-8-17-12(15-10-16-17)14(18)7-6-13(3,4)9-11(14)2/h10-11,18H,5-9H2,1-4H3. The molecule has 1 saturated carbocycles. The third-order valence-corrected chi connectivity index (χ3v) is 4.30. The monoisotopic (exact) mass is 251 g/mol. The number of aromatic nitrogens is 3. The van der Waals surface area contributed by atoms with Gasteiger partial charge in [-0.1, -0.05) is 27.7 Å². The van der Waals surface area contributed by atoms with Crippen LogP contribution in [0.25, 0.3) is 0 Å². The van der Waals surface area contributed by atoms with Crippen LogP contribution in [0.4, 0.5) is 0 Å². The Morgan fingerprint density at radius 1 is 1.44 bits per heavy atom. The zero-order valence-corrected chi connectivity index (χ0v) is 12.0. The summed E-state index contributed by atoms with van der Waals surface area (Å²) >= 11 is 0. The van der Waals surface area contributed by atoms with Gasteiger partial charge < -0.3 is 5.11 Å². The Morgan fingerprint density at radius 2 is 2.17 bits per heavy atom. The molecule has 0 aliphatic heterocycles. The summed E-state index contributed by atoms with van der Waals surface area (Å²) in [6, 6.07) is 0. The van der Waals surface area contributed by atoms with Gasteiger partial charge in [0.15, 0.2) is 5.82 Å². The number of hydrogen-bond donors (Lipinski definition) is 1. The molecule has 1 aromatic rings. The van der Waals surface area contributed by atoms with Crippen molar-refractivity contribution < 1.29 is 5.11 Å². The van der Waals surface area contributed by atoms with Gasteiger partial charge in [-0.05, 0) is 37.0 Å². The van der Waals surface area contributed by atoms with E-state index in [1.54, 1.807) is 6.33 Å². The van der Waals surface area contributed by atoms with Gasteiger partial charge in [0.1, 0.15) is 11.9 Å². The van der Waals surface area contributed by atoms with Crippen molar-refractivity contribution in [1.29, 1.82) is 0 Å². The van der Waals surface area contributed by atoms with E-state index < -0.39 is 5.60 Å². The molecule has 4 heteroatoms. The molecule has 1 aromatic heterocycles. The number of aliphatic hydroxyl groups is 1. The molecular formula is C14H25N3O. The summed E-state index contributed by atoms with van der Waals surface area (Å²) in [5.41, 5.74) is -0.484. The van der Waals surface area contributed by atoms with E-state index in [0.717, 1.165) is 38.1 Å². The first-order chi connectivity index (χ1) is 8.39. The molecule has 1 aliphatic carbocycles. The fraction of sp³-hybridized carbons (Fsp3) is 0.857. The van der Waals surface area contributed by atoms with Gasteiger partial charge in [-0.3, -0.25) is 0 Å². The summed E-state index contributed by atoms with van der Waals surface area (Å²) in [7, 11) is 0. The van der Waals surface area contributed by atoms with E-state index in [2.05, 4.69) is 37.8 Å². The van der Waals surface area contributed by atoms with Gasteiger partial charge in [0, 0.05) is 6.54 Å². The van der Waals surface area contributed by atoms with Crippen LogP contribution in [0.15, 0.2) is 6.33 Å². The molecule has 1 fully saturated rings. The maximum absolute atomic E-state index is 11.0. The molecule has 18 heavy (non-hydrogen) atoms. The van der Waals surface area contributed by atoms with Crippen LogP contribution >= 0.6 is 0 Å². The third kappa shape index (κ3) is 2.30. The minimum Gasteiger partial charge on any atom is -0.382 e. The summed E-state index contributed by atoms with van der Waals surface area (Å²) in [6.07, 6.45) is 5.42. The van der Waals surface area contributed by atoms with Crippen molar-refractivity contribution in [2.24, 2.45) is 11.3 Å². The van der Waals surface area contributed by atoms with E-state index in [1.807, 2.05) is 4.68 Å². The largest absolute Gasteiger partial charge is 0.382 e. The lowest BCUT2D eigenvalue weighted by atomic mass is 9.65. The zero-order valence-electron chi connectivity index (χ0n) is 12.0. The van der Waals surface area contributed by atoms with E-state index >= 15 is 0 Å². The SMILES string of the molecule is CCCn1ncnc1C1(O)CCC(C)(C)CC1C. The quantitative estimate of drug-likeness (QED) is 0.898. The molecule has 2 atom stereocenters. The van der Waals surface area contributed by atoms with Gasteiger partial charge in [-0.2, -0.15) is 5.10 Å². The Balaban J connectivity index is 2.28. The Bertz CT molecular complexity index is 413. The second-order valence-corrected chi connectivity index (χ2v) is 6.50. The molecule has 0 aromatic carbocycles. The van der Waals surface area contributed by atoms with E-state index in [9.17, 15) is 5.11 Å². The first-order valence-corrected chi connectivity index (χ1v) is 7.00. The number of nitrogens with zero attached hydrogens (tertiary/aromatic N) is 3. The molecule has 0 saturated heterocycles. The topological polar surface area (TPSA) is 50.9 Å². The third-order valence-electron chi connectivity index (χ3n) is 4.30. The Kier molecular flexibility index (Phi) is 3.49. The molecule has 4 nitrogen and oxygen atoms in total. The number of rotatable bonds is 3. The van der Waals surface area contributed by atoms with Crippen molar-refractivity contribution in [2.75, 3.05) is 0 Å². The normalized spacial score (nSPS) is 31.5. The lowest BCUT2D eigenvalue weighted by molar-refractivity contribution is -0.0861. The average Bonchev–Trinajstić information content (AvgIpc) is 2.73. The average molecular weight is 251 g/mol. The van der Waals surface area contributed by atoms with E-state index in [0.29, 0.717) is 5.41 Å². The van der Waals surface area contributed by atoms with Crippen LogP contribution in [0.1, 0.15) is 59.2 Å². The lowest BCUT2D eigenvalue weighted by Crippen LogP contribution is -2.43. The van der Waals surface area contributed by atoms with Crippen molar-refractivity contribution in [3.63, 3.8) is 0 Å². The van der Waals surface area contributed by atoms with Gasteiger partial charge in [0.05, 0.1) is 0 Å². The molecule has 0 bridgehead atoms. The van der Waals surface area contributed by atoms with Crippen molar-refractivity contribution in [1.82, 2.24) is 14.8 Å². The summed E-state index contributed by atoms with van der Waals surface area (Å²) in [6.45, 7) is 9.63. The number of aryl methyl sites for hydroxylation is 1. The zero-order chi connectivity index (χ0) is 13.4. The molecule has 0 spiro atoms. The van der Waals surface area contributed by atoms with E-state index in [1.165, 1.54) is 0 Å². The number of hydrogen-bond acceptors (Lipinski definition) is 3. The van der Waals surface area contributed by atoms with E-state index in [-0.39, 0.29) is 5.92 Å². The van der Waals surface area contributed by atoms with Gasteiger partial charge >= 0.3 is 0 Å². The molecule has 1 aliphatic rings. The van der Waals surface area contributed by atoms with Gasteiger partial charge in [-0.25, -0.2) is 9.67 Å². The molecular weight excluding hydrogens is 226 g/mol. The van der Waals surface area contributed by atoms with Gasteiger partial charge in [0.2, 0.25) is 0 Å². The van der Waals surface area contributed by atoms with Crippen molar-refractivity contribution in [2.45, 2.75) is 65.5 Å². The highest BCUT2D eigenvalue weighted by Crippen LogP contribution is 2.48. The maximum Gasteiger partial charge on any atom is 0.159 e. The first kappa shape index (κ1) is 13.5. The predicted octanol–water partition coefficient (Wildman–Crippen LogP) is 2.72. The fourth-order valence-corrected chi connectivity index (χ4v) is 3.18. The van der Waals surface area contributed by atoms with Crippen LogP contribution in [0.5, 0.6) is 0 Å². The highest BCUT2D eigenvalue weighted by atomic mass is 16.3. The van der Waals surface area contributed by atoms with Gasteiger partial charge in [0.25, 0.3) is 0 Å². The molecule has 1 N–H and O–H groups in total. The lowest BCUT2D eigenvalue weighted by Gasteiger charge is -2.44. The van der Waals surface area contributed by atoms with Gasteiger partial charge in [-0.15, -0.1) is 0 Å². The van der Waals surface area contributed by atoms with Crippen LogP contribution in [-0.2, 0) is 12.1 Å². The fourth-order valence-electron chi connectivity index (χ4n) is 3.18. The van der Waals surface area contributed by atoms with Crippen molar-refractivity contribution in [3.8, 4) is 0 Å². The van der Waals surface area contributed by atoms with Crippen LogP contribution in [-0.4, -0.2) is 19.9 Å². The molecule has 2 rings (SSSR count). The smallest absolute Gasteiger partial charge is 0.159 e. The summed E-state index contributed by atoms with van der Waals surface area (Å²) in [4.78, 5) is 4.33. The maximum atomic E-state index is 11.0. The van der Waals surface area contributed by atoms with Crippen molar-refractivity contribution >= 4 is 0 Å². The molecule has 1 heterocycles. The summed E-state index contributed by atoms with van der Waals surface area (Å²) in [5.74, 6) is 0.980. The molecule has 102 valence electrons. The van der Waals surface area contributed by atoms with Crippen LogP contribution in [0, 0.1) is 11.3 Å². The van der Waals surface area contributed by atoms with E-state index in [4.69, 9.17) is 0 Å². The van der Waals surface area contributed by atoms with Crippen LogP contribution < -0.4 is 0 Å². The highest BCUT2D eigenvalue weighted by Gasteiger charge is 2.46. The van der Waals surface area contributed by atoms with Crippen molar-refractivity contribution in [3.05, 3.63) is 12.2 Å². The predicted molar refractivity (Wildman–Crippen MR) is 71.0 cm³/mol. The minimum atomic E-state index is -0.804. The Labute approximate surface area is 109 Å². The second-order valence-electron chi connectivity index (χ2n) is 6.50.